The SMILES string of the molecule is CCCC[C@H]1CCc2nc(NC(=O)CCC(=O)CCCOCCOCC(=O)C[C@@H](C)C(=O)N[C@@H](C)C(=O)CCCOCCOCCOCCOCCOCCOCCOCCOCCOCCOCCOCCOCCC(=O)N[C@@H](Cc3ccccc3)C(N)=O)sc2C1. The van der Waals surface area contributed by atoms with Crippen molar-refractivity contribution < 1.29 is 99.9 Å². The zero-order chi connectivity index (χ0) is 67.0. The number of benzene rings is 1. The molecule has 5 N–H and O–H groups in total. The molecule has 1 aromatic heterocycles. The molecule has 530 valence electrons. The van der Waals surface area contributed by atoms with Crippen molar-refractivity contribution >= 4 is 57.4 Å². The van der Waals surface area contributed by atoms with E-state index in [1.807, 2.05) is 30.3 Å². The quantitative estimate of drug-likeness (QED) is 0.0647. The lowest BCUT2D eigenvalue weighted by molar-refractivity contribution is -0.133. The number of Topliss-reactive ketones (excluding diaryl/α,β-unsaturated/α-hetero) is 3. The maximum absolute atomic E-state index is 12.7. The number of carbonyl (C=O) groups is 7. The molecule has 1 aliphatic carbocycles. The number of unbranched alkanes of at least 4 members (excludes halogenated alkanes) is 1. The summed E-state index contributed by atoms with van der Waals surface area (Å²) in [6, 6.07) is 7.87. The molecule has 4 amide bonds. The lowest BCUT2D eigenvalue weighted by Crippen LogP contribution is -2.46. The molecule has 0 aliphatic heterocycles. The van der Waals surface area contributed by atoms with E-state index in [9.17, 15) is 33.6 Å². The number of carbonyl (C=O) groups excluding carboxylic acids is 7. The number of nitrogens with zero attached hydrogens (tertiary/aromatic N) is 1. The summed E-state index contributed by atoms with van der Waals surface area (Å²) in [5.41, 5.74) is 7.46. The van der Waals surface area contributed by atoms with Gasteiger partial charge >= 0.3 is 0 Å². The summed E-state index contributed by atoms with van der Waals surface area (Å²) >= 11 is 1.56. The van der Waals surface area contributed by atoms with Crippen LogP contribution in [0.4, 0.5) is 5.13 Å². The van der Waals surface area contributed by atoms with Crippen LogP contribution in [0.5, 0.6) is 0 Å². The van der Waals surface area contributed by atoms with E-state index < -0.39 is 23.9 Å². The summed E-state index contributed by atoms with van der Waals surface area (Å²) in [7, 11) is 0. The van der Waals surface area contributed by atoms with Gasteiger partial charge in [0.25, 0.3) is 0 Å². The number of aryl methyl sites for hydroxylation is 1. The molecule has 1 heterocycles. The van der Waals surface area contributed by atoms with Crippen LogP contribution in [0.15, 0.2) is 30.3 Å². The summed E-state index contributed by atoms with van der Waals surface area (Å²) in [6.45, 7) is 15.9. The monoisotopic (exact) mass is 1340 g/mol. The number of thiazole rings is 1. The van der Waals surface area contributed by atoms with Gasteiger partial charge in [0, 0.05) is 69.0 Å². The van der Waals surface area contributed by atoms with Gasteiger partial charge in [0.2, 0.25) is 23.6 Å². The number of aromatic nitrogens is 1. The number of primary amides is 1. The van der Waals surface area contributed by atoms with Crippen molar-refractivity contribution in [3.05, 3.63) is 46.5 Å². The molecule has 0 fully saturated rings. The predicted molar refractivity (Wildman–Crippen MR) is 347 cm³/mol. The van der Waals surface area contributed by atoms with E-state index in [1.54, 1.807) is 25.2 Å². The third kappa shape index (κ3) is 45.3. The number of anilines is 1. The Bertz CT molecular complexity index is 2290. The van der Waals surface area contributed by atoms with Crippen molar-refractivity contribution in [3.8, 4) is 0 Å². The van der Waals surface area contributed by atoms with Crippen molar-refractivity contribution in [3.63, 3.8) is 0 Å². The highest BCUT2D eigenvalue weighted by atomic mass is 32.1. The Labute approximate surface area is 554 Å². The van der Waals surface area contributed by atoms with Crippen molar-refractivity contribution in [1.82, 2.24) is 15.6 Å². The van der Waals surface area contributed by atoms with E-state index in [1.165, 1.54) is 24.1 Å². The van der Waals surface area contributed by atoms with E-state index in [4.69, 9.17) is 72.0 Å². The number of nitrogens with one attached hydrogen (secondary N) is 3. The van der Waals surface area contributed by atoms with Gasteiger partial charge in [0.15, 0.2) is 16.7 Å². The molecule has 0 spiro atoms. The number of fused-ring (bicyclic) bond motifs is 1. The molecule has 27 heteroatoms. The molecule has 2 aromatic rings. The Morgan fingerprint density at radius 3 is 1.47 bits per heavy atom. The second-order valence-electron chi connectivity index (χ2n) is 22.2. The Balaban J connectivity index is 0.947. The standard InChI is InChI=1S/C66H109N5O21S/c1-4-5-11-55-16-18-58-61(50-55)93-66(70-58)71-62(75)19-17-56(72)14-9-21-79-46-47-92-51-57(73)48-52(2)65(78)68-53(3)60(74)15-10-22-80-24-26-82-28-30-84-32-34-86-36-38-88-40-42-90-44-45-91-43-41-89-39-37-87-35-33-85-31-29-83-27-25-81-23-20-63(76)69-59(64(67)77)49-54-12-7-6-8-13-54/h6-8,12-13,52-53,55,59H,4-5,9-11,14-51H2,1-3H3,(H2,67,77)(H,68,78)(H,69,76)(H,70,71,75)/t52-,53+,55+,59+/m1/s1. The fourth-order valence-electron chi connectivity index (χ4n) is 9.09. The van der Waals surface area contributed by atoms with E-state index in [0.29, 0.717) is 195 Å². The lowest BCUT2D eigenvalue weighted by atomic mass is 9.87. The second kappa shape index (κ2) is 56.4. The molecule has 0 bridgehead atoms. The van der Waals surface area contributed by atoms with Crippen LogP contribution in [0.2, 0.25) is 0 Å². The van der Waals surface area contributed by atoms with Gasteiger partial charge in [-0.1, -0.05) is 63.4 Å². The van der Waals surface area contributed by atoms with Gasteiger partial charge in [-0.25, -0.2) is 4.98 Å². The summed E-state index contributed by atoms with van der Waals surface area (Å²) in [6.07, 6.45) is 9.05. The van der Waals surface area contributed by atoms with Crippen LogP contribution in [0.25, 0.3) is 0 Å². The molecule has 0 saturated carbocycles. The largest absolute Gasteiger partial charge is 0.379 e. The molecule has 1 aliphatic rings. The van der Waals surface area contributed by atoms with Crippen molar-refractivity contribution in [1.29, 1.82) is 0 Å². The fraction of sp³-hybridized carbons (Fsp3) is 0.758. The van der Waals surface area contributed by atoms with Gasteiger partial charge in [-0.05, 0) is 50.5 Å². The van der Waals surface area contributed by atoms with Gasteiger partial charge in [0.05, 0.1) is 177 Å². The maximum atomic E-state index is 12.7. The lowest BCUT2D eigenvalue weighted by Gasteiger charge is -2.20. The number of rotatable bonds is 65. The number of nitrogens with two attached hydrogens (primary N) is 1. The highest BCUT2D eigenvalue weighted by Crippen LogP contribution is 2.34. The molecular weight excluding hydrogens is 1230 g/mol. The minimum absolute atomic E-state index is 0.00716. The zero-order valence-electron chi connectivity index (χ0n) is 55.6. The molecule has 4 atom stereocenters. The molecule has 0 unspecified atom stereocenters. The Morgan fingerprint density at radius 1 is 0.527 bits per heavy atom. The van der Waals surface area contributed by atoms with Crippen molar-refractivity contribution in [2.24, 2.45) is 17.6 Å². The minimum Gasteiger partial charge on any atom is -0.379 e. The smallest absolute Gasteiger partial charge is 0.240 e. The Hall–Kier alpha value is -4.82. The molecule has 3 rings (SSSR count). The highest BCUT2D eigenvalue weighted by Gasteiger charge is 2.25. The number of ketones is 3. The van der Waals surface area contributed by atoms with Crippen LogP contribution in [-0.4, -0.2) is 243 Å². The van der Waals surface area contributed by atoms with Crippen LogP contribution < -0.4 is 21.7 Å². The summed E-state index contributed by atoms with van der Waals surface area (Å²) in [4.78, 5) is 92.5. The second-order valence-corrected chi connectivity index (χ2v) is 23.3. The average Bonchev–Trinajstić information content (AvgIpc) is 2.32. The zero-order valence-corrected chi connectivity index (χ0v) is 56.4. The predicted octanol–water partition coefficient (Wildman–Crippen LogP) is 4.79. The third-order valence-corrected chi connectivity index (χ3v) is 15.4. The van der Waals surface area contributed by atoms with Gasteiger partial charge in [-0.2, -0.15) is 0 Å². The van der Waals surface area contributed by atoms with Gasteiger partial charge < -0.3 is 88.0 Å². The van der Waals surface area contributed by atoms with E-state index in [-0.39, 0.29) is 93.6 Å². The van der Waals surface area contributed by atoms with Crippen LogP contribution in [0.3, 0.4) is 0 Å². The maximum Gasteiger partial charge on any atom is 0.240 e. The van der Waals surface area contributed by atoms with E-state index in [2.05, 4.69) is 27.9 Å². The first-order chi connectivity index (χ1) is 45.3. The fourth-order valence-corrected chi connectivity index (χ4v) is 10.2. The first-order valence-electron chi connectivity index (χ1n) is 33.2. The first kappa shape index (κ1) is 82.4. The number of hydrogen-bond acceptors (Lipinski definition) is 23. The molecule has 26 nitrogen and oxygen atoms in total. The topological polar surface area (TPSA) is 324 Å². The molecule has 0 radical (unpaired) electrons. The van der Waals surface area contributed by atoms with Crippen LogP contribution in [-0.2, 0) is 119 Å². The van der Waals surface area contributed by atoms with Crippen molar-refractivity contribution in [2.45, 2.75) is 129 Å². The molecule has 93 heavy (non-hydrogen) atoms. The number of ether oxygens (including phenoxy) is 14. The molecule has 1 aromatic carbocycles. The van der Waals surface area contributed by atoms with Crippen LogP contribution in [0.1, 0.15) is 114 Å². The van der Waals surface area contributed by atoms with Crippen LogP contribution in [0, 0.1) is 11.8 Å². The van der Waals surface area contributed by atoms with Gasteiger partial charge in [-0.3, -0.25) is 33.6 Å². The number of amides is 4. The van der Waals surface area contributed by atoms with Crippen LogP contribution >= 0.6 is 11.3 Å². The van der Waals surface area contributed by atoms with E-state index >= 15 is 0 Å². The normalized spacial score (nSPS) is 13.9. The Morgan fingerprint density at radius 2 is 0.989 bits per heavy atom. The summed E-state index contributed by atoms with van der Waals surface area (Å²) in [5.74, 6) is -1.80. The molecule has 0 saturated heterocycles. The van der Waals surface area contributed by atoms with Gasteiger partial charge in [-0.15, -0.1) is 11.3 Å². The van der Waals surface area contributed by atoms with E-state index in [0.717, 1.165) is 30.5 Å². The summed E-state index contributed by atoms with van der Waals surface area (Å²) in [5, 5.41) is 8.87. The highest BCUT2D eigenvalue weighted by molar-refractivity contribution is 7.15. The van der Waals surface area contributed by atoms with Crippen molar-refractivity contribution in [2.75, 3.05) is 190 Å². The average molecular weight is 1340 g/mol. The number of hydrogen-bond donors (Lipinski definition) is 4. The first-order valence-corrected chi connectivity index (χ1v) is 34.0. The molecular formula is C66H109N5O21S. The van der Waals surface area contributed by atoms with Gasteiger partial charge in [0.1, 0.15) is 18.4 Å². The Kier molecular flexibility index (Phi) is 49.9. The summed E-state index contributed by atoms with van der Waals surface area (Å²) < 4.78 is 77.1. The third-order valence-electron chi connectivity index (χ3n) is 14.3. The minimum atomic E-state index is -0.779.